The highest BCUT2D eigenvalue weighted by molar-refractivity contribution is 7.60. The standard InChI is InChI=1S/C11H12F12O2P2/c1-7(2)24-5(3-26(8(12,13)14)9(15,16)17)6(25-7)4-27(10(18,19)20)11(21,22)23/h5-6H,3-4H2,1-2H3/t5-,6-/m0/s1. The monoisotopic (exact) mass is 466 g/mol. The molecule has 0 bridgehead atoms. The maximum atomic E-state index is 12.7. The van der Waals surface area contributed by atoms with Crippen molar-refractivity contribution in [2.24, 2.45) is 0 Å². The van der Waals surface area contributed by atoms with Crippen molar-refractivity contribution in [3.63, 3.8) is 0 Å². The van der Waals surface area contributed by atoms with Crippen molar-refractivity contribution in [1.82, 2.24) is 0 Å². The number of alkyl halides is 12. The molecule has 0 N–H and O–H groups in total. The van der Waals surface area contributed by atoms with Crippen molar-refractivity contribution in [3.05, 3.63) is 0 Å². The lowest BCUT2D eigenvalue weighted by molar-refractivity contribution is -0.144. The summed E-state index contributed by atoms with van der Waals surface area (Å²) in [6.07, 6.45) is -8.17. The Morgan fingerprint density at radius 3 is 1.00 bits per heavy atom. The van der Waals surface area contributed by atoms with Crippen molar-refractivity contribution in [2.75, 3.05) is 12.3 Å². The van der Waals surface area contributed by atoms with Gasteiger partial charge in [0.2, 0.25) is 0 Å². The third-order valence-electron chi connectivity index (χ3n) is 3.23. The summed E-state index contributed by atoms with van der Waals surface area (Å²) in [5.74, 6) is -25.0. The van der Waals surface area contributed by atoms with E-state index in [1.54, 1.807) is 0 Å². The molecule has 0 spiro atoms. The molecule has 2 nitrogen and oxygen atoms in total. The smallest absolute Gasteiger partial charge is 0.344 e. The minimum Gasteiger partial charge on any atom is -0.344 e. The van der Waals surface area contributed by atoms with Gasteiger partial charge in [0.15, 0.2) is 5.79 Å². The lowest BCUT2D eigenvalue weighted by Crippen LogP contribution is -2.35. The fraction of sp³-hybridized carbons (Fsp3) is 1.00. The molecule has 1 saturated heterocycles. The van der Waals surface area contributed by atoms with Gasteiger partial charge in [-0.05, 0) is 13.8 Å². The van der Waals surface area contributed by atoms with Gasteiger partial charge in [-0.25, -0.2) is 0 Å². The second-order valence-corrected chi connectivity index (χ2v) is 10.3. The molecular formula is C11H12F12O2P2. The maximum absolute atomic E-state index is 12.7. The summed E-state index contributed by atoms with van der Waals surface area (Å²) in [7, 11) is -9.53. The molecule has 0 radical (unpaired) electrons. The summed E-state index contributed by atoms with van der Waals surface area (Å²) in [5.41, 5.74) is 0. The second-order valence-electron chi connectivity index (χ2n) is 5.80. The van der Waals surface area contributed by atoms with Crippen LogP contribution in [0.25, 0.3) is 0 Å². The molecule has 0 aromatic carbocycles. The van der Waals surface area contributed by atoms with Crippen molar-refractivity contribution in [2.45, 2.75) is 55.5 Å². The molecule has 1 fully saturated rings. The predicted octanol–water partition coefficient (Wildman–Crippen LogP) is 6.55. The molecule has 1 rings (SSSR count). The first-order valence-corrected chi connectivity index (χ1v) is 9.88. The number of hydrogen-bond acceptors (Lipinski definition) is 2. The van der Waals surface area contributed by atoms with E-state index in [9.17, 15) is 52.7 Å². The van der Waals surface area contributed by atoms with Gasteiger partial charge in [-0.2, -0.15) is 52.7 Å². The molecule has 16 heteroatoms. The van der Waals surface area contributed by atoms with E-state index in [1.807, 2.05) is 0 Å². The van der Waals surface area contributed by atoms with Crippen LogP contribution in [0.3, 0.4) is 0 Å². The Labute approximate surface area is 147 Å². The highest BCUT2D eigenvalue weighted by Crippen LogP contribution is 2.67. The van der Waals surface area contributed by atoms with Gasteiger partial charge in [0.05, 0.1) is 12.2 Å². The zero-order valence-electron chi connectivity index (χ0n) is 13.3. The summed E-state index contributed by atoms with van der Waals surface area (Å²) in [4.78, 5) is 0. The Morgan fingerprint density at radius 1 is 0.593 bits per heavy atom. The first-order chi connectivity index (χ1) is 11.6. The fourth-order valence-corrected chi connectivity index (χ4v) is 5.02. The van der Waals surface area contributed by atoms with Gasteiger partial charge in [-0.1, -0.05) is 0 Å². The normalized spacial score (nSPS) is 24.9. The fourth-order valence-electron chi connectivity index (χ4n) is 2.28. The largest absolute Gasteiger partial charge is 0.414 e. The van der Waals surface area contributed by atoms with Crippen LogP contribution < -0.4 is 0 Å². The summed E-state index contributed by atoms with van der Waals surface area (Å²) in [6.45, 7) is 1.93. The van der Waals surface area contributed by atoms with Crippen LogP contribution in [0.4, 0.5) is 52.7 Å². The number of rotatable bonds is 4. The predicted molar refractivity (Wildman–Crippen MR) is 71.6 cm³/mol. The van der Waals surface area contributed by atoms with Gasteiger partial charge in [0.25, 0.3) is 0 Å². The second kappa shape index (κ2) is 7.65. The molecule has 0 aromatic heterocycles. The zero-order chi connectivity index (χ0) is 21.6. The molecule has 1 aliphatic rings. The van der Waals surface area contributed by atoms with Crippen molar-refractivity contribution < 1.29 is 62.2 Å². The van der Waals surface area contributed by atoms with Crippen molar-refractivity contribution in [1.29, 1.82) is 0 Å². The van der Waals surface area contributed by atoms with Crippen LogP contribution in [-0.4, -0.2) is 54.0 Å². The van der Waals surface area contributed by atoms with Crippen LogP contribution in [-0.2, 0) is 9.47 Å². The van der Waals surface area contributed by atoms with E-state index in [-0.39, 0.29) is 0 Å². The maximum Gasteiger partial charge on any atom is 0.414 e. The average molecular weight is 466 g/mol. The number of halogens is 12. The Hall–Kier alpha value is -0.0600. The first-order valence-electron chi connectivity index (χ1n) is 6.82. The number of hydrogen-bond donors (Lipinski definition) is 0. The molecule has 0 aromatic rings. The molecule has 0 saturated carbocycles. The van der Waals surface area contributed by atoms with Crippen LogP contribution in [0.1, 0.15) is 13.8 Å². The molecule has 1 heterocycles. The Morgan fingerprint density at radius 2 is 0.815 bits per heavy atom. The third kappa shape index (κ3) is 7.04. The van der Waals surface area contributed by atoms with E-state index >= 15 is 0 Å². The summed E-state index contributed by atoms with van der Waals surface area (Å²) in [6, 6.07) is 0. The van der Waals surface area contributed by atoms with Crippen LogP contribution >= 0.6 is 15.8 Å². The van der Waals surface area contributed by atoms with Gasteiger partial charge in [0, 0.05) is 12.3 Å². The van der Waals surface area contributed by atoms with E-state index < -0.39 is 69.8 Å². The summed E-state index contributed by atoms with van der Waals surface area (Å²) < 4.78 is 162. The lowest BCUT2D eigenvalue weighted by atomic mass is 10.3. The molecule has 0 unspecified atom stereocenters. The zero-order valence-corrected chi connectivity index (χ0v) is 15.1. The van der Waals surface area contributed by atoms with E-state index in [0.717, 1.165) is 13.8 Å². The Kier molecular flexibility index (Phi) is 7.07. The summed E-state index contributed by atoms with van der Waals surface area (Å²) >= 11 is 0. The average Bonchev–Trinajstić information content (AvgIpc) is 2.62. The Bertz CT molecular complexity index is 437. The molecule has 0 aliphatic carbocycles. The highest BCUT2D eigenvalue weighted by atomic mass is 31.1. The molecule has 2 atom stereocenters. The Balaban J connectivity index is 3.14. The SMILES string of the molecule is CC1(C)O[C@@H](CP(C(F)(F)F)C(F)(F)F)[C@H](CP(C(F)(F)F)C(F)(F)F)O1. The minimum atomic E-state index is -5.76. The van der Waals surface area contributed by atoms with Crippen molar-refractivity contribution >= 4 is 15.8 Å². The molecule has 1 aliphatic heterocycles. The van der Waals surface area contributed by atoms with E-state index in [0.29, 0.717) is 0 Å². The topological polar surface area (TPSA) is 18.5 Å². The first kappa shape index (κ1) is 25.0. The van der Waals surface area contributed by atoms with Crippen LogP contribution in [0.2, 0.25) is 0 Å². The molecular weight excluding hydrogens is 454 g/mol. The number of ether oxygens (including phenoxy) is 2. The molecule has 162 valence electrons. The lowest BCUT2D eigenvalue weighted by Gasteiger charge is -2.29. The van der Waals surface area contributed by atoms with Gasteiger partial charge in [0.1, 0.15) is 15.8 Å². The third-order valence-corrected chi connectivity index (χ3v) is 7.13. The van der Waals surface area contributed by atoms with E-state index in [1.165, 1.54) is 0 Å². The van der Waals surface area contributed by atoms with Crippen LogP contribution in [0.15, 0.2) is 0 Å². The molecule has 27 heavy (non-hydrogen) atoms. The molecule has 0 amide bonds. The summed E-state index contributed by atoms with van der Waals surface area (Å²) in [5, 5.41) is 0. The minimum absolute atomic E-state index is 0.965. The highest BCUT2D eigenvalue weighted by Gasteiger charge is 2.62. The van der Waals surface area contributed by atoms with E-state index in [2.05, 4.69) is 0 Å². The van der Waals surface area contributed by atoms with Gasteiger partial charge < -0.3 is 9.47 Å². The van der Waals surface area contributed by atoms with Crippen LogP contribution in [0.5, 0.6) is 0 Å². The van der Waals surface area contributed by atoms with Gasteiger partial charge in [-0.3, -0.25) is 0 Å². The van der Waals surface area contributed by atoms with E-state index in [4.69, 9.17) is 9.47 Å². The quantitative estimate of drug-likeness (QED) is 0.346. The van der Waals surface area contributed by atoms with Gasteiger partial charge >= 0.3 is 23.7 Å². The van der Waals surface area contributed by atoms with Crippen molar-refractivity contribution in [3.8, 4) is 0 Å². The van der Waals surface area contributed by atoms with Gasteiger partial charge in [-0.15, -0.1) is 0 Å². The van der Waals surface area contributed by atoms with Crippen LogP contribution in [0, 0.1) is 0 Å².